The molecule has 2 rings (SSSR count). The topological polar surface area (TPSA) is 44.8 Å². The standard InChI is InChI=1S/C19H34O4S2/c1-14(2)12-19(22-6-7-23-19)13-15(3)16(10-17(20)21-4)11-18-24-8-5-9-25-18/h14-16,18H,5-13H2,1-4H3/t15-,16+/m1/s1. The van der Waals surface area contributed by atoms with Crippen molar-refractivity contribution < 1.29 is 19.0 Å². The molecule has 0 aliphatic carbocycles. The fourth-order valence-electron chi connectivity index (χ4n) is 3.83. The van der Waals surface area contributed by atoms with E-state index in [4.69, 9.17) is 14.2 Å². The van der Waals surface area contributed by atoms with Gasteiger partial charge in [-0.05, 0) is 42.1 Å². The zero-order valence-electron chi connectivity index (χ0n) is 16.1. The maximum absolute atomic E-state index is 12.0. The summed E-state index contributed by atoms with van der Waals surface area (Å²) in [4.78, 5) is 12.0. The van der Waals surface area contributed by atoms with Crippen LogP contribution in [0.5, 0.6) is 0 Å². The molecule has 2 aliphatic rings. The normalized spacial score (nSPS) is 23.6. The van der Waals surface area contributed by atoms with Gasteiger partial charge in [-0.2, -0.15) is 0 Å². The van der Waals surface area contributed by atoms with Crippen molar-refractivity contribution in [2.75, 3.05) is 31.8 Å². The third kappa shape index (κ3) is 6.96. The lowest BCUT2D eigenvalue weighted by atomic mass is 9.82. The molecular formula is C19H34O4S2. The molecule has 0 bridgehead atoms. The Balaban J connectivity index is 2.01. The quantitative estimate of drug-likeness (QED) is 0.538. The minimum absolute atomic E-state index is 0.103. The number of hydrogen-bond donors (Lipinski definition) is 0. The van der Waals surface area contributed by atoms with E-state index >= 15 is 0 Å². The highest BCUT2D eigenvalue weighted by Gasteiger charge is 2.40. The van der Waals surface area contributed by atoms with Gasteiger partial charge in [0.15, 0.2) is 5.79 Å². The summed E-state index contributed by atoms with van der Waals surface area (Å²) in [7, 11) is 1.48. The summed E-state index contributed by atoms with van der Waals surface area (Å²) >= 11 is 4.09. The second kappa shape index (κ2) is 10.4. The first-order valence-electron chi connectivity index (χ1n) is 9.52. The molecule has 6 heteroatoms. The largest absolute Gasteiger partial charge is 0.469 e. The van der Waals surface area contributed by atoms with Crippen LogP contribution < -0.4 is 0 Å². The van der Waals surface area contributed by atoms with Crippen molar-refractivity contribution in [1.29, 1.82) is 0 Å². The molecule has 0 aromatic rings. The van der Waals surface area contributed by atoms with Crippen molar-refractivity contribution in [2.45, 2.75) is 63.2 Å². The predicted octanol–water partition coefficient (Wildman–Crippen LogP) is 4.57. The first-order valence-corrected chi connectivity index (χ1v) is 11.6. The number of carbonyl (C=O) groups excluding carboxylic acids is 1. The number of esters is 1. The Morgan fingerprint density at radius 3 is 2.36 bits per heavy atom. The lowest BCUT2D eigenvalue weighted by Crippen LogP contribution is -2.36. The Morgan fingerprint density at radius 1 is 1.16 bits per heavy atom. The first kappa shape index (κ1) is 21.4. The molecule has 2 aliphatic heterocycles. The highest BCUT2D eigenvalue weighted by atomic mass is 32.2. The molecule has 2 heterocycles. The highest BCUT2D eigenvalue weighted by Crippen LogP contribution is 2.41. The predicted molar refractivity (Wildman–Crippen MR) is 106 cm³/mol. The fourth-order valence-corrected chi connectivity index (χ4v) is 6.89. The van der Waals surface area contributed by atoms with Crippen molar-refractivity contribution in [3.05, 3.63) is 0 Å². The van der Waals surface area contributed by atoms with Crippen molar-refractivity contribution in [3.63, 3.8) is 0 Å². The molecule has 0 radical (unpaired) electrons. The van der Waals surface area contributed by atoms with Crippen LogP contribution in [0.1, 0.15) is 52.9 Å². The Morgan fingerprint density at radius 2 is 1.80 bits per heavy atom. The van der Waals surface area contributed by atoms with Crippen LogP contribution in [0.3, 0.4) is 0 Å². The molecular weight excluding hydrogens is 356 g/mol. The number of ether oxygens (including phenoxy) is 3. The van der Waals surface area contributed by atoms with E-state index in [1.165, 1.54) is 25.0 Å². The Kier molecular flexibility index (Phi) is 8.92. The minimum Gasteiger partial charge on any atom is -0.469 e. The summed E-state index contributed by atoms with van der Waals surface area (Å²) < 4.78 is 17.6. The molecule has 0 aromatic carbocycles. The van der Waals surface area contributed by atoms with E-state index in [1.54, 1.807) is 0 Å². The van der Waals surface area contributed by atoms with Crippen molar-refractivity contribution in [2.24, 2.45) is 17.8 Å². The average Bonchev–Trinajstić information content (AvgIpc) is 3.02. The van der Waals surface area contributed by atoms with Crippen LogP contribution >= 0.6 is 23.5 Å². The number of carbonyl (C=O) groups is 1. The molecule has 0 unspecified atom stereocenters. The van der Waals surface area contributed by atoms with E-state index < -0.39 is 5.79 Å². The van der Waals surface area contributed by atoms with E-state index in [0.717, 1.165) is 19.3 Å². The molecule has 4 nitrogen and oxygen atoms in total. The summed E-state index contributed by atoms with van der Waals surface area (Å²) in [6, 6.07) is 0. The van der Waals surface area contributed by atoms with Gasteiger partial charge in [-0.25, -0.2) is 0 Å². The van der Waals surface area contributed by atoms with Gasteiger partial charge in [0, 0.05) is 19.3 Å². The number of hydrogen-bond acceptors (Lipinski definition) is 6. The number of methoxy groups -OCH3 is 1. The highest BCUT2D eigenvalue weighted by molar-refractivity contribution is 8.17. The van der Waals surface area contributed by atoms with Crippen LogP contribution in [0.2, 0.25) is 0 Å². The molecule has 25 heavy (non-hydrogen) atoms. The Labute approximate surface area is 161 Å². The molecule has 0 aromatic heterocycles. The van der Waals surface area contributed by atoms with Gasteiger partial charge in [-0.1, -0.05) is 20.8 Å². The maximum Gasteiger partial charge on any atom is 0.305 e. The number of rotatable bonds is 9. The van der Waals surface area contributed by atoms with Crippen LogP contribution in [0.4, 0.5) is 0 Å². The zero-order valence-corrected chi connectivity index (χ0v) is 17.8. The molecule has 0 N–H and O–H groups in total. The summed E-state index contributed by atoms with van der Waals surface area (Å²) in [5.74, 6) is 3.10. The monoisotopic (exact) mass is 390 g/mol. The minimum atomic E-state index is -0.463. The molecule has 2 fully saturated rings. The third-order valence-electron chi connectivity index (χ3n) is 5.02. The SMILES string of the molecule is COC(=O)C[C@@H](CC1SCCCS1)[C@H](C)CC1(CC(C)C)OCCO1. The summed E-state index contributed by atoms with van der Waals surface area (Å²) in [5, 5.41) is 0. The Hall–Kier alpha value is 0.0900. The van der Waals surface area contributed by atoms with Crippen LogP contribution in [0.25, 0.3) is 0 Å². The number of thioether (sulfide) groups is 2. The van der Waals surface area contributed by atoms with Crippen LogP contribution in [0.15, 0.2) is 0 Å². The maximum atomic E-state index is 12.0. The van der Waals surface area contributed by atoms with Crippen LogP contribution in [-0.4, -0.2) is 48.2 Å². The average molecular weight is 391 g/mol. The van der Waals surface area contributed by atoms with Gasteiger partial charge in [0.2, 0.25) is 0 Å². The van der Waals surface area contributed by atoms with Gasteiger partial charge >= 0.3 is 5.97 Å². The molecule has 2 saturated heterocycles. The lowest BCUT2D eigenvalue weighted by molar-refractivity contribution is -0.183. The third-order valence-corrected chi connectivity index (χ3v) is 8.01. The van der Waals surface area contributed by atoms with Crippen molar-refractivity contribution >= 4 is 29.5 Å². The fraction of sp³-hybridized carbons (Fsp3) is 0.947. The Bertz CT molecular complexity index is 404. The molecule has 2 atom stereocenters. The van der Waals surface area contributed by atoms with Gasteiger partial charge in [-0.3, -0.25) is 4.79 Å². The lowest BCUT2D eigenvalue weighted by Gasteiger charge is -2.35. The second-order valence-electron chi connectivity index (χ2n) is 7.69. The molecule has 0 saturated carbocycles. The first-order chi connectivity index (χ1) is 11.9. The van der Waals surface area contributed by atoms with E-state index in [0.29, 0.717) is 42.0 Å². The van der Waals surface area contributed by atoms with Crippen LogP contribution in [0, 0.1) is 17.8 Å². The van der Waals surface area contributed by atoms with E-state index in [2.05, 4.69) is 20.8 Å². The van der Waals surface area contributed by atoms with E-state index in [1.807, 2.05) is 23.5 Å². The van der Waals surface area contributed by atoms with Gasteiger partial charge in [-0.15, -0.1) is 23.5 Å². The van der Waals surface area contributed by atoms with E-state index in [-0.39, 0.29) is 5.97 Å². The zero-order chi connectivity index (χ0) is 18.3. The second-order valence-corrected chi connectivity index (χ2v) is 10.6. The van der Waals surface area contributed by atoms with Gasteiger partial charge in [0.05, 0.1) is 24.9 Å². The van der Waals surface area contributed by atoms with Crippen molar-refractivity contribution in [1.82, 2.24) is 0 Å². The molecule has 0 amide bonds. The smallest absolute Gasteiger partial charge is 0.305 e. The summed E-state index contributed by atoms with van der Waals surface area (Å²) in [6.45, 7) is 8.02. The van der Waals surface area contributed by atoms with Crippen molar-refractivity contribution in [3.8, 4) is 0 Å². The van der Waals surface area contributed by atoms with E-state index in [9.17, 15) is 4.79 Å². The summed E-state index contributed by atoms with van der Waals surface area (Å²) in [5.41, 5.74) is 0. The molecule has 146 valence electrons. The van der Waals surface area contributed by atoms with Gasteiger partial charge < -0.3 is 14.2 Å². The molecule has 0 spiro atoms. The van der Waals surface area contributed by atoms with Gasteiger partial charge in [0.1, 0.15) is 0 Å². The van der Waals surface area contributed by atoms with Gasteiger partial charge in [0.25, 0.3) is 0 Å². The summed E-state index contributed by atoms with van der Waals surface area (Å²) in [6.07, 6.45) is 4.61. The van der Waals surface area contributed by atoms with Crippen LogP contribution in [-0.2, 0) is 19.0 Å².